The molecule has 0 saturated heterocycles. The smallest absolute Gasteiger partial charge is 0.232 e. The molecule has 4 fully saturated rings. The molecule has 0 spiro atoms. The summed E-state index contributed by atoms with van der Waals surface area (Å²) in [6.45, 7) is 0. The van der Waals surface area contributed by atoms with E-state index in [4.69, 9.17) is 0 Å². The highest BCUT2D eigenvalue weighted by molar-refractivity contribution is 7.22. The van der Waals surface area contributed by atoms with E-state index in [0.717, 1.165) is 52.5 Å². The van der Waals surface area contributed by atoms with Crippen LogP contribution in [0, 0.1) is 22.7 Å². The van der Waals surface area contributed by atoms with E-state index in [9.17, 15) is 9.59 Å². The lowest BCUT2D eigenvalue weighted by molar-refractivity contribution is -0.161. The standard InChI is InChI=1S/C26H24N4O2S2/c31-21(29-23-27-17-5-1-3-7-19(17)33-23)25-10-15-9-16(11-25)13-26(12-15,14-25)22(32)30-24-28-18-6-2-4-8-20(18)34-24/h1-8,15-16H,9-14H2,(H,27,29,31)(H,28,30,32). The third kappa shape index (κ3) is 3.19. The van der Waals surface area contributed by atoms with Gasteiger partial charge in [0, 0.05) is 0 Å². The topological polar surface area (TPSA) is 84.0 Å². The summed E-state index contributed by atoms with van der Waals surface area (Å²) < 4.78 is 2.13. The van der Waals surface area contributed by atoms with Crippen LogP contribution in [0.3, 0.4) is 0 Å². The second kappa shape index (κ2) is 7.33. The van der Waals surface area contributed by atoms with Gasteiger partial charge in [0.05, 0.1) is 31.3 Å². The number of anilines is 2. The molecule has 4 saturated carbocycles. The normalized spacial score (nSPS) is 29.5. The van der Waals surface area contributed by atoms with E-state index in [0.29, 0.717) is 28.5 Å². The summed E-state index contributed by atoms with van der Waals surface area (Å²) >= 11 is 3.02. The maximum Gasteiger partial charge on any atom is 0.232 e. The second-order valence-electron chi connectivity index (χ2n) is 10.4. The highest BCUT2D eigenvalue weighted by atomic mass is 32.1. The molecule has 8 heteroatoms. The first-order valence-electron chi connectivity index (χ1n) is 11.8. The number of carbonyl (C=O) groups is 2. The number of thiazole rings is 2. The van der Waals surface area contributed by atoms with Crippen molar-refractivity contribution in [3.63, 3.8) is 0 Å². The molecule has 2 amide bonds. The molecule has 6 nitrogen and oxygen atoms in total. The van der Waals surface area contributed by atoms with Crippen molar-refractivity contribution in [3.05, 3.63) is 48.5 Å². The van der Waals surface area contributed by atoms with Crippen LogP contribution in [0.1, 0.15) is 38.5 Å². The van der Waals surface area contributed by atoms with Crippen LogP contribution in [-0.4, -0.2) is 21.8 Å². The van der Waals surface area contributed by atoms with E-state index in [1.807, 2.05) is 48.5 Å². The van der Waals surface area contributed by atoms with Crippen LogP contribution in [0.25, 0.3) is 20.4 Å². The Kier molecular flexibility index (Phi) is 4.42. The molecule has 2 heterocycles. The van der Waals surface area contributed by atoms with E-state index in [1.54, 1.807) is 0 Å². The Morgan fingerprint density at radius 1 is 0.735 bits per heavy atom. The second-order valence-corrected chi connectivity index (χ2v) is 12.5. The number of benzene rings is 2. The van der Waals surface area contributed by atoms with E-state index in [2.05, 4.69) is 20.6 Å². The van der Waals surface area contributed by atoms with Crippen LogP contribution in [-0.2, 0) is 9.59 Å². The quantitative estimate of drug-likeness (QED) is 0.365. The molecule has 2 N–H and O–H groups in total. The van der Waals surface area contributed by atoms with Gasteiger partial charge in [-0.3, -0.25) is 9.59 Å². The number of rotatable bonds is 4. The molecule has 0 unspecified atom stereocenters. The zero-order valence-electron chi connectivity index (χ0n) is 18.5. The number of amides is 2. The molecule has 0 aliphatic heterocycles. The fourth-order valence-corrected chi connectivity index (χ4v) is 8.83. The van der Waals surface area contributed by atoms with Gasteiger partial charge in [-0.2, -0.15) is 0 Å². The van der Waals surface area contributed by atoms with Crippen LogP contribution in [0.15, 0.2) is 48.5 Å². The minimum Gasteiger partial charge on any atom is -0.301 e. The van der Waals surface area contributed by atoms with Gasteiger partial charge in [-0.15, -0.1) is 0 Å². The first-order valence-corrected chi connectivity index (χ1v) is 13.5. The third-order valence-corrected chi connectivity index (χ3v) is 9.96. The van der Waals surface area contributed by atoms with Crippen molar-refractivity contribution in [1.29, 1.82) is 0 Å². The van der Waals surface area contributed by atoms with Gasteiger partial charge in [-0.05, 0) is 74.6 Å². The first kappa shape index (κ1) is 20.5. The average Bonchev–Trinajstić information content (AvgIpc) is 3.40. The Bertz CT molecular complexity index is 1270. The molecule has 2 aromatic carbocycles. The van der Waals surface area contributed by atoms with Gasteiger partial charge in [-0.25, -0.2) is 9.97 Å². The summed E-state index contributed by atoms with van der Waals surface area (Å²) in [6.07, 6.45) is 5.23. The van der Waals surface area contributed by atoms with Crippen LogP contribution < -0.4 is 10.6 Å². The van der Waals surface area contributed by atoms with Crippen molar-refractivity contribution in [3.8, 4) is 0 Å². The maximum absolute atomic E-state index is 13.7. The van der Waals surface area contributed by atoms with Crippen LogP contribution >= 0.6 is 22.7 Å². The number of para-hydroxylation sites is 2. The number of nitrogens with zero attached hydrogens (tertiary/aromatic N) is 2. The molecule has 2 aromatic heterocycles. The largest absolute Gasteiger partial charge is 0.301 e. The van der Waals surface area contributed by atoms with Gasteiger partial charge < -0.3 is 10.6 Å². The molecule has 172 valence electrons. The maximum atomic E-state index is 13.7. The van der Waals surface area contributed by atoms with Crippen molar-refractivity contribution >= 4 is 65.2 Å². The molecule has 4 bridgehead atoms. The van der Waals surface area contributed by atoms with E-state index < -0.39 is 10.8 Å². The lowest BCUT2D eigenvalue weighted by Crippen LogP contribution is -2.59. The predicted molar refractivity (Wildman–Crippen MR) is 136 cm³/mol. The number of aromatic nitrogens is 2. The van der Waals surface area contributed by atoms with Gasteiger partial charge in [0.1, 0.15) is 0 Å². The molecule has 8 rings (SSSR count). The van der Waals surface area contributed by atoms with Crippen molar-refractivity contribution in [2.24, 2.45) is 22.7 Å². The lowest BCUT2D eigenvalue weighted by atomic mass is 9.43. The Balaban J connectivity index is 1.16. The van der Waals surface area contributed by atoms with Crippen molar-refractivity contribution < 1.29 is 9.59 Å². The van der Waals surface area contributed by atoms with Crippen molar-refractivity contribution in [2.75, 3.05) is 10.6 Å². The summed E-state index contributed by atoms with van der Waals surface area (Å²) in [5, 5.41) is 7.57. The molecule has 4 aliphatic rings. The van der Waals surface area contributed by atoms with Crippen molar-refractivity contribution in [2.45, 2.75) is 38.5 Å². The third-order valence-electron chi connectivity index (χ3n) is 8.05. The monoisotopic (exact) mass is 488 g/mol. The number of carbonyl (C=O) groups excluding carboxylic acids is 2. The van der Waals surface area contributed by atoms with E-state index >= 15 is 0 Å². The molecule has 0 atom stereocenters. The minimum atomic E-state index is -0.493. The highest BCUT2D eigenvalue weighted by Gasteiger charge is 2.63. The molecule has 34 heavy (non-hydrogen) atoms. The molecule has 4 aliphatic carbocycles. The van der Waals surface area contributed by atoms with E-state index in [1.165, 1.54) is 22.7 Å². The fourth-order valence-electron chi connectivity index (χ4n) is 7.10. The number of hydrogen-bond donors (Lipinski definition) is 2. The van der Waals surface area contributed by atoms with Gasteiger partial charge in [0.25, 0.3) is 0 Å². The Labute approximate surface area is 204 Å². The number of nitrogens with one attached hydrogen (secondary N) is 2. The Morgan fingerprint density at radius 3 is 1.62 bits per heavy atom. The molecule has 0 radical (unpaired) electrons. The fraction of sp³-hybridized carbons (Fsp3) is 0.385. The van der Waals surface area contributed by atoms with Crippen molar-refractivity contribution in [1.82, 2.24) is 9.97 Å². The van der Waals surface area contributed by atoms with Crippen LogP contribution in [0.2, 0.25) is 0 Å². The zero-order valence-corrected chi connectivity index (χ0v) is 20.2. The van der Waals surface area contributed by atoms with E-state index in [-0.39, 0.29) is 11.8 Å². The summed E-state index contributed by atoms with van der Waals surface area (Å²) in [6, 6.07) is 15.9. The highest BCUT2D eigenvalue weighted by Crippen LogP contribution is 2.65. The molecule has 4 aromatic rings. The first-order chi connectivity index (χ1) is 16.5. The number of hydrogen-bond acceptors (Lipinski definition) is 6. The summed E-state index contributed by atoms with van der Waals surface area (Å²) in [5.41, 5.74) is 0.819. The van der Waals surface area contributed by atoms with Crippen LogP contribution in [0.5, 0.6) is 0 Å². The van der Waals surface area contributed by atoms with Crippen LogP contribution in [0.4, 0.5) is 10.3 Å². The minimum absolute atomic E-state index is 0.0396. The van der Waals surface area contributed by atoms with Gasteiger partial charge in [0.2, 0.25) is 11.8 Å². The predicted octanol–water partition coefficient (Wildman–Crippen LogP) is 6.07. The summed E-state index contributed by atoms with van der Waals surface area (Å²) in [4.78, 5) is 36.6. The molecular formula is C26H24N4O2S2. The Hall–Kier alpha value is -2.84. The van der Waals surface area contributed by atoms with Gasteiger partial charge in [-0.1, -0.05) is 46.9 Å². The lowest BCUT2D eigenvalue weighted by Gasteiger charge is -2.60. The average molecular weight is 489 g/mol. The Morgan fingerprint density at radius 2 is 1.18 bits per heavy atom. The number of fused-ring (bicyclic) bond motifs is 2. The SMILES string of the molecule is O=C(Nc1nc2ccccc2s1)C12CC3CC(C1)CC(C(=O)Nc1nc4ccccc4s1)(C3)C2. The summed E-state index contributed by atoms with van der Waals surface area (Å²) in [5.74, 6) is 0.919. The molecular weight excluding hydrogens is 464 g/mol. The van der Waals surface area contributed by atoms with Gasteiger partial charge in [0.15, 0.2) is 10.3 Å². The zero-order chi connectivity index (χ0) is 22.9. The van der Waals surface area contributed by atoms with Gasteiger partial charge >= 0.3 is 0 Å². The summed E-state index contributed by atoms with van der Waals surface area (Å²) in [7, 11) is 0.